The molecule has 0 saturated carbocycles. The highest BCUT2D eigenvalue weighted by atomic mass is 28.3. The van der Waals surface area contributed by atoms with Crippen LogP contribution >= 0.6 is 0 Å². The molecule has 0 aromatic heterocycles. The van der Waals surface area contributed by atoms with Crippen LogP contribution in [0.3, 0.4) is 0 Å². The molecule has 0 radical (unpaired) electrons. The van der Waals surface area contributed by atoms with E-state index in [2.05, 4.69) is 83.6 Å². The summed E-state index contributed by atoms with van der Waals surface area (Å²) in [5.41, 5.74) is 10.5. The van der Waals surface area contributed by atoms with Gasteiger partial charge in [-0.05, 0) is 60.1 Å². The van der Waals surface area contributed by atoms with Crippen molar-refractivity contribution in [1.82, 2.24) is 9.80 Å². The van der Waals surface area contributed by atoms with Crippen LogP contribution in [0, 0.1) is 0 Å². The zero-order chi connectivity index (χ0) is 21.0. The van der Waals surface area contributed by atoms with Gasteiger partial charge < -0.3 is 9.80 Å². The highest BCUT2D eigenvalue weighted by Gasteiger charge is 2.50. The fourth-order valence-electron chi connectivity index (χ4n) is 6.84. The monoisotopic (exact) mass is 426 g/mol. The number of benzene rings is 2. The van der Waals surface area contributed by atoms with Gasteiger partial charge in [-0.2, -0.15) is 0 Å². The van der Waals surface area contributed by atoms with E-state index >= 15 is 0 Å². The Bertz CT molecular complexity index is 971. The summed E-state index contributed by atoms with van der Waals surface area (Å²) in [5.74, 6) is 0. The van der Waals surface area contributed by atoms with E-state index in [0.717, 1.165) is 0 Å². The largest absolute Gasteiger partial charge is 0.375 e. The van der Waals surface area contributed by atoms with Gasteiger partial charge in [0.25, 0.3) is 0 Å². The summed E-state index contributed by atoms with van der Waals surface area (Å²) in [6.07, 6.45) is 10.4. The molecule has 0 bridgehead atoms. The van der Waals surface area contributed by atoms with Gasteiger partial charge in [0, 0.05) is 48.7 Å². The van der Waals surface area contributed by atoms with Crippen LogP contribution in [-0.2, 0) is 0 Å². The Morgan fingerprint density at radius 2 is 1.00 bits per heavy atom. The molecule has 0 N–H and O–H groups in total. The van der Waals surface area contributed by atoms with E-state index in [1.807, 2.05) is 0 Å². The SMILES string of the molecule is C[Si](C)(C1C(N2CCCC2)=Cc2ccccc21)C1C(N2CCCC2)=Cc2ccccc21. The fourth-order valence-corrected chi connectivity index (χ4v) is 11.4. The van der Waals surface area contributed by atoms with Crippen LogP contribution in [0.2, 0.25) is 13.1 Å². The van der Waals surface area contributed by atoms with Gasteiger partial charge in [-0.3, -0.25) is 0 Å². The van der Waals surface area contributed by atoms with Gasteiger partial charge in [0.1, 0.15) is 0 Å². The first kappa shape index (κ1) is 19.4. The van der Waals surface area contributed by atoms with Crippen molar-refractivity contribution >= 4 is 20.2 Å². The van der Waals surface area contributed by atoms with Gasteiger partial charge in [0.05, 0.1) is 8.07 Å². The Hall–Kier alpha value is -2.26. The molecule has 2 aromatic carbocycles. The molecule has 0 spiro atoms. The predicted molar refractivity (Wildman–Crippen MR) is 133 cm³/mol. The van der Waals surface area contributed by atoms with Gasteiger partial charge in [-0.1, -0.05) is 61.6 Å². The standard InChI is InChI=1S/C28H34N2Si/c1-31(2,27-23-13-5-3-11-21(23)19-25(27)29-15-7-8-16-29)28-24-14-6-4-12-22(24)20-26(28)30-17-9-10-18-30/h3-6,11-14,19-20,27-28H,7-10,15-18H2,1-2H3. The summed E-state index contributed by atoms with van der Waals surface area (Å²) in [4.78, 5) is 5.44. The number of nitrogens with zero attached hydrogens (tertiary/aromatic N) is 2. The van der Waals surface area contributed by atoms with E-state index in [0.29, 0.717) is 11.1 Å². The van der Waals surface area contributed by atoms with E-state index in [9.17, 15) is 0 Å². The number of allylic oxidation sites excluding steroid dienone is 2. The van der Waals surface area contributed by atoms with Crippen molar-refractivity contribution in [2.75, 3.05) is 26.2 Å². The minimum Gasteiger partial charge on any atom is -0.375 e. The third kappa shape index (κ3) is 3.04. The molecule has 2 aromatic rings. The molecule has 2 aliphatic heterocycles. The van der Waals surface area contributed by atoms with Crippen LogP contribution in [0.4, 0.5) is 0 Å². The number of hydrogen-bond donors (Lipinski definition) is 0. The molecule has 2 heterocycles. The van der Waals surface area contributed by atoms with Gasteiger partial charge in [-0.15, -0.1) is 0 Å². The van der Waals surface area contributed by atoms with Crippen LogP contribution in [0.25, 0.3) is 12.2 Å². The second kappa shape index (κ2) is 7.41. The lowest BCUT2D eigenvalue weighted by Gasteiger charge is -2.43. The fraction of sp³-hybridized carbons (Fsp3) is 0.429. The Kier molecular flexibility index (Phi) is 4.64. The van der Waals surface area contributed by atoms with E-state index in [1.54, 1.807) is 22.5 Å². The van der Waals surface area contributed by atoms with Crippen molar-refractivity contribution in [1.29, 1.82) is 0 Å². The first-order valence-corrected chi connectivity index (χ1v) is 15.4. The maximum absolute atomic E-state index is 2.72. The number of hydrogen-bond acceptors (Lipinski definition) is 2. The topological polar surface area (TPSA) is 6.48 Å². The summed E-state index contributed by atoms with van der Waals surface area (Å²) in [5, 5.41) is 0. The van der Waals surface area contributed by atoms with Crippen molar-refractivity contribution < 1.29 is 0 Å². The number of rotatable bonds is 4. The highest BCUT2D eigenvalue weighted by Crippen LogP contribution is 2.54. The minimum absolute atomic E-state index is 0.573. The summed E-state index contributed by atoms with van der Waals surface area (Å²) in [7, 11) is -1.82. The second-order valence-corrected chi connectivity index (χ2v) is 15.3. The van der Waals surface area contributed by atoms with Gasteiger partial charge >= 0.3 is 0 Å². The van der Waals surface area contributed by atoms with E-state index in [-0.39, 0.29) is 0 Å². The normalized spacial score (nSPS) is 25.0. The van der Waals surface area contributed by atoms with Gasteiger partial charge in [0.2, 0.25) is 0 Å². The lowest BCUT2D eigenvalue weighted by atomic mass is 10.1. The number of fused-ring (bicyclic) bond motifs is 2. The lowest BCUT2D eigenvalue weighted by Crippen LogP contribution is -2.47. The molecule has 2 fully saturated rings. The third-order valence-corrected chi connectivity index (χ3v) is 12.4. The molecule has 2 saturated heterocycles. The molecule has 3 heteroatoms. The van der Waals surface area contributed by atoms with Gasteiger partial charge in [0.15, 0.2) is 0 Å². The van der Waals surface area contributed by atoms with Crippen LogP contribution in [-0.4, -0.2) is 44.1 Å². The average molecular weight is 427 g/mol. The van der Waals surface area contributed by atoms with E-state index in [1.165, 1.54) is 63.0 Å². The van der Waals surface area contributed by atoms with Crippen molar-refractivity contribution in [2.45, 2.75) is 49.9 Å². The molecule has 31 heavy (non-hydrogen) atoms. The zero-order valence-electron chi connectivity index (χ0n) is 19.0. The molecular formula is C28H34N2Si. The van der Waals surface area contributed by atoms with Crippen molar-refractivity contribution in [3.05, 3.63) is 82.2 Å². The first-order valence-electron chi connectivity index (χ1n) is 12.3. The Balaban J connectivity index is 1.47. The molecule has 2 aliphatic carbocycles. The molecule has 2 atom stereocenters. The van der Waals surface area contributed by atoms with Crippen LogP contribution in [0.15, 0.2) is 59.9 Å². The van der Waals surface area contributed by atoms with E-state index < -0.39 is 8.07 Å². The Morgan fingerprint density at radius 1 is 0.613 bits per heavy atom. The maximum atomic E-state index is 2.72. The zero-order valence-corrected chi connectivity index (χ0v) is 20.0. The molecular weight excluding hydrogens is 392 g/mol. The summed E-state index contributed by atoms with van der Waals surface area (Å²) < 4.78 is 0. The molecule has 160 valence electrons. The summed E-state index contributed by atoms with van der Waals surface area (Å²) in [6.45, 7) is 10.3. The van der Waals surface area contributed by atoms with Gasteiger partial charge in [-0.25, -0.2) is 0 Å². The first-order chi connectivity index (χ1) is 15.1. The average Bonchev–Trinajstić information content (AvgIpc) is 3.57. The molecule has 4 aliphatic rings. The summed E-state index contributed by atoms with van der Waals surface area (Å²) >= 11 is 0. The van der Waals surface area contributed by atoms with E-state index in [4.69, 9.17) is 0 Å². The molecule has 6 rings (SSSR count). The number of likely N-dealkylation sites (tertiary alicyclic amines) is 2. The molecule has 0 amide bonds. The summed E-state index contributed by atoms with van der Waals surface area (Å²) in [6, 6.07) is 18.5. The van der Waals surface area contributed by atoms with Crippen LogP contribution < -0.4 is 0 Å². The quantitative estimate of drug-likeness (QED) is 0.534. The smallest absolute Gasteiger partial charge is 0.0768 e. The molecule has 2 nitrogen and oxygen atoms in total. The van der Waals surface area contributed by atoms with Crippen LogP contribution in [0.5, 0.6) is 0 Å². The Labute approximate surface area is 188 Å². The predicted octanol–water partition coefficient (Wildman–Crippen LogP) is 6.24. The van der Waals surface area contributed by atoms with Crippen molar-refractivity contribution in [3.63, 3.8) is 0 Å². The maximum Gasteiger partial charge on any atom is 0.0768 e. The second-order valence-electron chi connectivity index (χ2n) is 10.5. The highest BCUT2D eigenvalue weighted by molar-refractivity contribution is 6.81. The third-order valence-electron chi connectivity index (χ3n) is 8.24. The lowest BCUT2D eigenvalue weighted by molar-refractivity contribution is 0.408. The van der Waals surface area contributed by atoms with Crippen LogP contribution in [0.1, 0.15) is 59.0 Å². The van der Waals surface area contributed by atoms with Crippen molar-refractivity contribution in [3.8, 4) is 0 Å². The molecule has 2 unspecified atom stereocenters. The van der Waals surface area contributed by atoms with Crippen molar-refractivity contribution in [2.24, 2.45) is 0 Å². The minimum atomic E-state index is -1.82. The Morgan fingerprint density at radius 3 is 1.42 bits per heavy atom.